The molecule has 1 aliphatic rings. The molecule has 1 aliphatic heterocycles. The van der Waals surface area contributed by atoms with Gasteiger partial charge in [-0.3, -0.25) is 10.1 Å². The minimum Gasteiger partial charge on any atom is -0.508 e. The fourth-order valence-electron chi connectivity index (χ4n) is 2.01. The van der Waals surface area contributed by atoms with E-state index in [1.54, 1.807) is 0 Å². The molecule has 0 radical (unpaired) electrons. The second kappa shape index (κ2) is 4.26. The van der Waals surface area contributed by atoms with Gasteiger partial charge in [-0.05, 0) is 18.2 Å². The number of hydrogen-bond acceptors (Lipinski definition) is 4. The van der Waals surface area contributed by atoms with Gasteiger partial charge < -0.3 is 15.5 Å². The van der Waals surface area contributed by atoms with Crippen molar-refractivity contribution in [3.63, 3.8) is 0 Å². The lowest BCUT2D eigenvalue weighted by Crippen LogP contribution is -2.44. The number of carbonyl (C=O) groups excluding carboxylic acids is 2. The highest BCUT2D eigenvalue weighted by Crippen LogP contribution is 2.34. The first-order valence-corrected chi connectivity index (χ1v) is 5.23. The molecule has 1 saturated heterocycles. The van der Waals surface area contributed by atoms with E-state index in [0.717, 1.165) is 18.2 Å². The summed E-state index contributed by atoms with van der Waals surface area (Å²) >= 11 is 0. The largest absolute Gasteiger partial charge is 0.508 e. The molecule has 2 rings (SSSR count). The Morgan fingerprint density at radius 3 is 2.61 bits per heavy atom. The standard InChI is InChI=1S/C11H11FN2O4/c12-6-1-2-8(16)7(5-6)11(3-4-15)9(17)13-10(18)14-11/h1-2,5,15-16H,3-4H2,(H2,13,14,17,18). The van der Waals surface area contributed by atoms with Crippen LogP contribution in [-0.4, -0.2) is 28.8 Å². The molecule has 1 atom stereocenters. The first-order chi connectivity index (χ1) is 8.49. The van der Waals surface area contributed by atoms with Gasteiger partial charge in [-0.25, -0.2) is 9.18 Å². The molecule has 1 heterocycles. The number of phenols is 1. The molecule has 1 aromatic carbocycles. The Balaban J connectivity index is 2.57. The molecule has 0 saturated carbocycles. The molecule has 0 spiro atoms. The summed E-state index contributed by atoms with van der Waals surface area (Å²) < 4.78 is 13.2. The van der Waals surface area contributed by atoms with Gasteiger partial charge >= 0.3 is 6.03 Å². The number of nitrogens with one attached hydrogen (secondary N) is 2. The van der Waals surface area contributed by atoms with Crippen LogP contribution in [0.15, 0.2) is 18.2 Å². The molecule has 7 heteroatoms. The van der Waals surface area contributed by atoms with E-state index in [1.165, 1.54) is 0 Å². The second-order valence-corrected chi connectivity index (χ2v) is 3.95. The zero-order chi connectivity index (χ0) is 13.3. The number of aromatic hydroxyl groups is 1. The molecule has 1 aromatic rings. The Morgan fingerprint density at radius 2 is 2.06 bits per heavy atom. The first kappa shape index (κ1) is 12.3. The lowest BCUT2D eigenvalue weighted by atomic mass is 9.86. The molecular formula is C11H11FN2O4. The number of hydrogen-bond donors (Lipinski definition) is 4. The van der Waals surface area contributed by atoms with Crippen molar-refractivity contribution < 1.29 is 24.2 Å². The molecule has 0 aliphatic carbocycles. The van der Waals surface area contributed by atoms with Crippen LogP contribution in [0, 0.1) is 5.82 Å². The molecule has 18 heavy (non-hydrogen) atoms. The summed E-state index contributed by atoms with van der Waals surface area (Å²) in [7, 11) is 0. The van der Waals surface area contributed by atoms with Gasteiger partial charge in [0.2, 0.25) is 0 Å². The zero-order valence-corrected chi connectivity index (χ0v) is 9.24. The van der Waals surface area contributed by atoms with E-state index in [0.29, 0.717) is 0 Å². The highest BCUT2D eigenvalue weighted by Gasteiger charge is 2.48. The Labute approximate surface area is 101 Å². The van der Waals surface area contributed by atoms with Crippen molar-refractivity contribution >= 4 is 11.9 Å². The van der Waals surface area contributed by atoms with E-state index in [4.69, 9.17) is 5.11 Å². The maximum absolute atomic E-state index is 13.2. The van der Waals surface area contributed by atoms with E-state index in [9.17, 15) is 19.1 Å². The Hall–Kier alpha value is -2.15. The molecule has 0 bridgehead atoms. The number of urea groups is 1. The summed E-state index contributed by atoms with van der Waals surface area (Å²) in [5.74, 6) is -1.72. The SMILES string of the molecule is O=C1NC(=O)C(CCO)(c2cc(F)ccc2O)N1. The van der Waals surface area contributed by atoms with Gasteiger partial charge in [0.1, 0.15) is 11.6 Å². The Kier molecular flexibility index (Phi) is 2.92. The van der Waals surface area contributed by atoms with Gasteiger partial charge in [0, 0.05) is 18.6 Å². The second-order valence-electron chi connectivity index (χ2n) is 3.95. The molecule has 1 fully saturated rings. The van der Waals surface area contributed by atoms with Gasteiger partial charge in [0.15, 0.2) is 5.54 Å². The van der Waals surface area contributed by atoms with Gasteiger partial charge in [-0.2, -0.15) is 0 Å². The highest BCUT2D eigenvalue weighted by molar-refractivity contribution is 6.07. The number of imide groups is 1. The molecule has 96 valence electrons. The quantitative estimate of drug-likeness (QED) is 0.568. The minimum absolute atomic E-state index is 0.0834. The van der Waals surface area contributed by atoms with Crippen LogP contribution in [-0.2, 0) is 10.3 Å². The van der Waals surface area contributed by atoms with Crippen LogP contribution in [0.4, 0.5) is 9.18 Å². The number of aliphatic hydroxyl groups is 1. The number of rotatable bonds is 3. The van der Waals surface area contributed by atoms with Crippen molar-refractivity contribution in [2.45, 2.75) is 12.0 Å². The first-order valence-electron chi connectivity index (χ1n) is 5.23. The molecule has 1 unspecified atom stereocenters. The summed E-state index contributed by atoms with van der Waals surface area (Å²) in [6.45, 7) is -0.413. The summed E-state index contributed by atoms with van der Waals surface area (Å²) in [5.41, 5.74) is -1.72. The van der Waals surface area contributed by atoms with Crippen molar-refractivity contribution in [2.75, 3.05) is 6.61 Å². The predicted molar refractivity (Wildman–Crippen MR) is 58.1 cm³/mol. The van der Waals surface area contributed by atoms with Gasteiger partial charge in [-0.15, -0.1) is 0 Å². The van der Waals surface area contributed by atoms with Crippen LogP contribution in [0.3, 0.4) is 0 Å². The zero-order valence-electron chi connectivity index (χ0n) is 9.24. The maximum atomic E-state index is 13.2. The third-order valence-corrected chi connectivity index (χ3v) is 2.85. The number of amides is 3. The smallest absolute Gasteiger partial charge is 0.322 e. The van der Waals surface area contributed by atoms with E-state index in [2.05, 4.69) is 5.32 Å². The monoisotopic (exact) mass is 254 g/mol. The van der Waals surface area contributed by atoms with Gasteiger partial charge in [-0.1, -0.05) is 0 Å². The molecule has 6 nitrogen and oxygen atoms in total. The molecule has 3 amide bonds. The summed E-state index contributed by atoms with van der Waals surface area (Å²) in [6.07, 6.45) is -0.165. The van der Waals surface area contributed by atoms with Crippen LogP contribution in [0.25, 0.3) is 0 Å². The van der Waals surface area contributed by atoms with Crippen LogP contribution in [0.2, 0.25) is 0 Å². The highest BCUT2D eigenvalue weighted by atomic mass is 19.1. The van der Waals surface area contributed by atoms with Crippen molar-refractivity contribution in [1.29, 1.82) is 0 Å². The minimum atomic E-state index is -1.64. The van der Waals surface area contributed by atoms with Crippen molar-refractivity contribution in [1.82, 2.24) is 10.6 Å². The van der Waals surface area contributed by atoms with Crippen LogP contribution >= 0.6 is 0 Å². The van der Waals surface area contributed by atoms with Crippen LogP contribution in [0.5, 0.6) is 5.75 Å². The summed E-state index contributed by atoms with van der Waals surface area (Å²) in [6, 6.07) is 2.31. The predicted octanol–water partition coefficient (Wildman–Crippen LogP) is -0.0516. The van der Waals surface area contributed by atoms with Crippen molar-refractivity contribution in [3.8, 4) is 5.75 Å². The maximum Gasteiger partial charge on any atom is 0.322 e. The lowest BCUT2D eigenvalue weighted by molar-refractivity contribution is -0.125. The van der Waals surface area contributed by atoms with E-state index < -0.39 is 29.9 Å². The number of aliphatic hydroxyl groups excluding tert-OH is 1. The van der Waals surface area contributed by atoms with Crippen LogP contribution in [0.1, 0.15) is 12.0 Å². The fraction of sp³-hybridized carbons (Fsp3) is 0.273. The van der Waals surface area contributed by atoms with Crippen molar-refractivity contribution in [3.05, 3.63) is 29.6 Å². The molecule has 0 aromatic heterocycles. The van der Waals surface area contributed by atoms with Gasteiger partial charge in [0.25, 0.3) is 5.91 Å². The van der Waals surface area contributed by atoms with Gasteiger partial charge in [0.05, 0.1) is 0 Å². The number of benzene rings is 1. The van der Waals surface area contributed by atoms with Crippen LogP contribution < -0.4 is 10.6 Å². The van der Waals surface area contributed by atoms with E-state index >= 15 is 0 Å². The third-order valence-electron chi connectivity index (χ3n) is 2.85. The normalized spacial score (nSPS) is 22.8. The average molecular weight is 254 g/mol. The Bertz CT molecular complexity index is 520. The van der Waals surface area contributed by atoms with E-state index in [1.807, 2.05) is 5.32 Å². The summed E-state index contributed by atoms with van der Waals surface area (Å²) in [5, 5.41) is 23.0. The number of halogens is 1. The topological polar surface area (TPSA) is 98.7 Å². The Morgan fingerprint density at radius 1 is 1.33 bits per heavy atom. The fourth-order valence-corrected chi connectivity index (χ4v) is 2.01. The third kappa shape index (κ3) is 1.78. The van der Waals surface area contributed by atoms with E-state index in [-0.39, 0.29) is 17.7 Å². The number of carbonyl (C=O) groups is 2. The molecule has 4 N–H and O–H groups in total. The molecular weight excluding hydrogens is 243 g/mol. The lowest BCUT2D eigenvalue weighted by Gasteiger charge is -2.26. The number of phenolic OH excluding ortho intramolecular Hbond substituents is 1. The summed E-state index contributed by atoms with van der Waals surface area (Å²) in [4.78, 5) is 23.0. The average Bonchev–Trinajstić information content (AvgIpc) is 2.58. The van der Waals surface area contributed by atoms with Crippen molar-refractivity contribution in [2.24, 2.45) is 0 Å².